The summed E-state index contributed by atoms with van der Waals surface area (Å²) in [5.41, 5.74) is 0.915. The largest absolute Gasteiger partial charge is 0.494 e. The molecule has 0 bridgehead atoms. The molecule has 2 rings (SSSR count). The Hall–Kier alpha value is -1.62. The molecule has 0 aromatic heterocycles. The van der Waals surface area contributed by atoms with E-state index in [0.717, 1.165) is 30.6 Å². The highest BCUT2D eigenvalue weighted by Gasteiger charge is 2.19. The SMILES string of the molecule is COc1cc(OC)c(OC)cc1NCCNC1CC1. The fraction of sp³-hybridized carbons (Fsp3) is 0.571. The summed E-state index contributed by atoms with van der Waals surface area (Å²) in [5, 5.41) is 6.81. The zero-order valence-corrected chi connectivity index (χ0v) is 11.8. The lowest BCUT2D eigenvalue weighted by atomic mass is 10.2. The third-order valence-electron chi connectivity index (χ3n) is 3.16. The van der Waals surface area contributed by atoms with Crippen molar-refractivity contribution >= 4 is 5.69 Å². The smallest absolute Gasteiger partial charge is 0.164 e. The van der Waals surface area contributed by atoms with Gasteiger partial charge in [0.25, 0.3) is 0 Å². The molecule has 5 nitrogen and oxygen atoms in total. The molecule has 1 aromatic carbocycles. The molecule has 1 fully saturated rings. The second-order valence-corrected chi connectivity index (χ2v) is 4.56. The first-order valence-corrected chi connectivity index (χ1v) is 6.55. The highest BCUT2D eigenvalue weighted by atomic mass is 16.5. The first-order chi connectivity index (χ1) is 9.28. The summed E-state index contributed by atoms with van der Waals surface area (Å²) in [5.74, 6) is 2.12. The van der Waals surface area contributed by atoms with Gasteiger partial charge in [-0.25, -0.2) is 0 Å². The van der Waals surface area contributed by atoms with E-state index in [9.17, 15) is 0 Å². The van der Waals surface area contributed by atoms with Crippen LogP contribution in [0.2, 0.25) is 0 Å². The molecule has 0 spiro atoms. The minimum atomic E-state index is 0.668. The van der Waals surface area contributed by atoms with E-state index in [0.29, 0.717) is 11.5 Å². The standard InChI is InChI=1S/C14H22N2O3/c1-17-12-9-14(19-3)13(18-2)8-11(12)16-7-6-15-10-4-5-10/h8-10,15-16H,4-7H2,1-3H3. The zero-order valence-electron chi connectivity index (χ0n) is 11.8. The van der Waals surface area contributed by atoms with Gasteiger partial charge in [0.1, 0.15) is 5.75 Å². The number of hydrogen-bond acceptors (Lipinski definition) is 5. The maximum atomic E-state index is 5.36. The van der Waals surface area contributed by atoms with Crippen LogP contribution in [0, 0.1) is 0 Å². The molecule has 1 saturated carbocycles. The Morgan fingerprint density at radius 2 is 1.58 bits per heavy atom. The molecule has 0 unspecified atom stereocenters. The zero-order chi connectivity index (χ0) is 13.7. The van der Waals surface area contributed by atoms with E-state index in [1.165, 1.54) is 12.8 Å². The van der Waals surface area contributed by atoms with Crippen LogP contribution in [0.3, 0.4) is 0 Å². The van der Waals surface area contributed by atoms with Gasteiger partial charge in [0.2, 0.25) is 0 Å². The van der Waals surface area contributed by atoms with Crippen molar-refractivity contribution in [1.29, 1.82) is 0 Å². The van der Waals surface area contributed by atoms with Crippen LogP contribution in [0.5, 0.6) is 17.2 Å². The first-order valence-electron chi connectivity index (χ1n) is 6.55. The van der Waals surface area contributed by atoms with E-state index in [4.69, 9.17) is 14.2 Å². The van der Waals surface area contributed by atoms with Crippen molar-refractivity contribution < 1.29 is 14.2 Å². The number of ether oxygens (including phenoxy) is 3. The number of benzene rings is 1. The minimum Gasteiger partial charge on any atom is -0.494 e. The minimum absolute atomic E-state index is 0.668. The summed E-state index contributed by atoms with van der Waals surface area (Å²) in [6.45, 7) is 1.80. The average Bonchev–Trinajstić information content (AvgIpc) is 3.26. The van der Waals surface area contributed by atoms with Crippen molar-refractivity contribution in [2.24, 2.45) is 0 Å². The van der Waals surface area contributed by atoms with Crippen LogP contribution in [0.4, 0.5) is 5.69 Å². The molecular formula is C14H22N2O3. The molecule has 5 heteroatoms. The third kappa shape index (κ3) is 3.67. The van der Waals surface area contributed by atoms with E-state index in [-0.39, 0.29) is 0 Å². The Labute approximate surface area is 114 Å². The molecule has 2 N–H and O–H groups in total. The number of hydrogen-bond donors (Lipinski definition) is 2. The first kappa shape index (κ1) is 13.8. The molecule has 0 radical (unpaired) electrons. The molecule has 0 atom stereocenters. The van der Waals surface area contributed by atoms with Gasteiger partial charge < -0.3 is 24.8 Å². The van der Waals surface area contributed by atoms with E-state index < -0.39 is 0 Å². The van der Waals surface area contributed by atoms with Crippen LogP contribution in [-0.2, 0) is 0 Å². The lowest BCUT2D eigenvalue weighted by Crippen LogP contribution is -2.24. The van der Waals surface area contributed by atoms with Crippen molar-refractivity contribution in [3.63, 3.8) is 0 Å². The fourth-order valence-electron chi connectivity index (χ4n) is 1.93. The van der Waals surface area contributed by atoms with Gasteiger partial charge in [-0.1, -0.05) is 0 Å². The Kier molecular flexibility index (Phi) is 4.74. The average molecular weight is 266 g/mol. The van der Waals surface area contributed by atoms with E-state index >= 15 is 0 Å². The van der Waals surface area contributed by atoms with Gasteiger partial charge >= 0.3 is 0 Å². The Balaban J connectivity index is 1.99. The molecule has 1 aliphatic carbocycles. The molecule has 106 valence electrons. The van der Waals surface area contributed by atoms with Crippen molar-refractivity contribution in [2.45, 2.75) is 18.9 Å². The summed E-state index contributed by atoms with van der Waals surface area (Å²) >= 11 is 0. The third-order valence-corrected chi connectivity index (χ3v) is 3.16. The molecule has 0 amide bonds. The van der Waals surface area contributed by atoms with Gasteiger partial charge in [0, 0.05) is 31.3 Å². The summed E-state index contributed by atoms with van der Waals surface area (Å²) in [6.07, 6.45) is 2.61. The van der Waals surface area contributed by atoms with Gasteiger partial charge in [0.15, 0.2) is 11.5 Å². The predicted octanol–water partition coefficient (Wildman–Crippen LogP) is 1.88. The van der Waals surface area contributed by atoms with Gasteiger partial charge in [-0.05, 0) is 12.8 Å². The molecule has 19 heavy (non-hydrogen) atoms. The van der Waals surface area contributed by atoms with Crippen LogP contribution in [-0.4, -0.2) is 40.5 Å². The van der Waals surface area contributed by atoms with Crippen molar-refractivity contribution in [3.8, 4) is 17.2 Å². The Morgan fingerprint density at radius 3 is 2.16 bits per heavy atom. The topological polar surface area (TPSA) is 51.8 Å². The maximum absolute atomic E-state index is 5.36. The van der Waals surface area contributed by atoms with E-state index in [2.05, 4.69) is 10.6 Å². The molecule has 1 aliphatic rings. The van der Waals surface area contributed by atoms with Crippen LogP contribution in [0.15, 0.2) is 12.1 Å². The molecule has 0 aliphatic heterocycles. The van der Waals surface area contributed by atoms with Crippen LogP contribution < -0.4 is 24.8 Å². The fourth-order valence-corrected chi connectivity index (χ4v) is 1.93. The lowest BCUT2D eigenvalue weighted by Gasteiger charge is -2.15. The highest BCUT2D eigenvalue weighted by Crippen LogP contribution is 2.37. The summed E-state index contributed by atoms with van der Waals surface area (Å²) in [4.78, 5) is 0. The van der Waals surface area contributed by atoms with Crippen LogP contribution in [0.1, 0.15) is 12.8 Å². The normalized spacial score (nSPS) is 14.1. The maximum Gasteiger partial charge on any atom is 0.164 e. The van der Waals surface area contributed by atoms with E-state index in [1.807, 2.05) is 12.1 Å². The number of methoxy groups -OCH3 is 3. The molecule has 0 saturated heterocycles. The van der Waals surface area contributed by atoms with Gasteiger partial charge in [-0.15, -0.1) is 0 Å². The number of anilines is 1. The number of rotatable bonds is 8. The van der Waals surface area contributed by atoms with Crippen LogP contribution in [0.25, 0.3) is 0 Å². The van der Waals surface area contributed by atoms with Crippen LogP contribution >= 0.6 is 0 Å². The second kappa shape index (κ2) is 6.52. The molecule has 0 heterocycles. The highest BCUT2D eigenvalue weighted by molar-refractivity contribution is 5.64. The summed E-state index contributed by atoms with van der Waals surface area (Å²) in [7, 11) is 4.89. The Morgan fingerprint density at radius 1 is 0.947 bits per heavy atom. The predicted molar refractivity (Wildman–Crippen MR) is 75.6 cm³/mol. The van der Waals surface area contributed by atoms with Crippen molar-refractivity contribution in [1.82, 2.24) is 5.32 Å². The lowest BCUT2D eigenvalue weighted by molar-refractivity contribution is 0.349. The van der Waals surface area contributed by atoms with Gasteiger partial charge in [-0.3, -0.25) is 0 Å². The monoisotopic (exact) mass is 266 g/mol. The Bertz CT molecular complexity index is 419. The second-order valence-electron chi connectivity index (χ2n) is 4.56. The van der Waals surface area contributed by atoms with Crippen molar-refractivity contribution in [3.05, 3.63) is 12.1 Å². The van der Waals surface area contributed by atoms with Crippen molar-refractivity contribution in [2.75, 3.05) is 39.7 Å². The number of nitrogens with one attached hydrogen (secondary N) is 2. The quantitative estimate of drug-likeness (QED) is 0.704. The summed E-state index contributed by atoms with van der Waals surface area (Å²) in [6, 6.07) is 4.46. The van der Waals surface area contributed by atoms with Gasteiger partial charge in [-0.2, -0.15) is 0 Å². The van der Waals surface area contributed by atoms with E-state index in [1.54, 1.807) is 21.3 Å². The summed E-state index contributed by atoms with van der Waals surface area (Å²) < 4.78 is 15.9. The molecule has 1 aromatic rings. The van der Waals surface area contributed by atoms with Gasteiger partial charge in [0.05, 0.1) is 27.0 Å². The molecular weight excluding hydrogens is 244 g/mol.